The molecule has 0 fully saturated rings. The smallest absolute Gasteiger partial charge is 0.293 e. The molecule has 0 aliphatic heterocycles. The van der Waals surface area contributed by atoms with Crippen LogP contribution in [0.15, 0.2) is 41.6 Å². The fourth-order valence-corrected chi connectivity index (χ4v) is 4.17. The summed E-state index contributed by atoms with van der Waals surface area (Å²) in [6.07, 6.45) is 2.30. The van der Waals surface area contributed by atoms with Crippen LogP contribution in [0.1, 0.15) is 19.9 Å². The van der Waals surface area contributed by atoms with Crippen LogP contribution in [0, 0.1) is 27.7 Å². The third-order valence-electron chi connectivity index (χ3n) is 5.15. The molecule has 0 saturated carbocycles. The Balaban J connectivity index is 1.71. The second-order valence-corrected chi connectivity index (χ2v) is 10.0. The fourth-order valence-electron chi connectivity index (χ4n) is 3.52. The lowest BCUT2D eigenvalue weighted by Gasteiger charge is -2.22. The van der Waals surface area contributed by atoms with Crippen molar-refractivity contribution in [2.75, 3.05) is 24.7 Å². The number of hydrogen-bond donors (Lipinski definition) is 2. The van der Waals surface area contributed by atoms with Crippen molar-refractivity contribution in [1.82, 2.24) is 14.9 Å². The van der Waals surface area contributed by atoms with Gasteiger partial charge in [-0.05, 0) is 18.1 Å². The number of nitrogens with zero attached hydrogens (tertiary/aromatic N) is 3. The molecule has 0 spiro atoms. The molecule has 1 aromatic heterocycles. The lowest BCUT2D eigenvalue weighted by Crippen LogP contribution is -2.37. The largest absolute Gasteiger partial charge is 0.378 e. The van der Waals surface area contributed by atoms with Gasteiger partial charge in [0.1, 0.15) is 11.7 Å². The van der Waals surface area contributed by atoms with Crippen molar-refractivity contribution in [2.45, 2.75) is 24.8 Å². The van der Waals surface area contributed by atoms with E-state index in [1.165, 1.54) is 23.0 Å². The molecule has 0 saturated heterocycles. The summed E-state index contributed by atoms with van der Waals surface area (Å²) in [5.74, 6) is -2.70. The van der Waals surface area contributed by atoms with E-state index in [0.29, 0.717) is 0 Å². The monoisotopic (exact) mass is 495 g/mol. The molecule has 0 radical (unpaired) electrons. The molecule has 0 aliphatic rings. The van der Waals surface area contributed by atoms with E-state index in [2.05, 4.69) is 15.6 Å². The lowest BCUT2D eigenvalue weighted by molar-refractivity contribution is -0.384. The minimum Gasteiger partial charge on any atom is -0.378 e. The number of sulfone groups is 1. The van der Waals surface area contributed by atoms with E-state index in [-0.39, 0.29) is 40.6 Å². The Morgan fingerprint density at radius 2 is 1.85 bits per heavy atom. The van der Waals surface area contributed by atoms with Crippen LogP contribution in [0.5, 0.6) is 0 Å². The first kappa shape index (κ1) is 25.0. The molecule has 3 rings (SSSR count). The van der Waals surface area contributed by atoms with Crippen LogP contribution in [0.2, 0.25) is 0 Å². The van der Waals surface area contributed by atoms with Gasteiger partial charge in [-0.25, -0.2) is 22.2 Å². The first-order valence-corrected chi connectivity index (χ1v) is 12.1. The van der Waals surface area contributed by atoms with Gasteiger partial charge in [0.05, 0.1) is 27.2 Å². The number of halogens is 2. The van der Waals surface area contributed by atoms with Crippen LogP contribution in [0.3, 0.4) is 0 Å². The fraction of sp³-hybridized carbons (Fsp3) is 0.333. The molecule has 13 heteroatoms. The van der Waals surface area contributed by atoms with Crippen molar-refractivity contribution >= 4 is 38.2 Å². The van der Waals surface area contributed by atoms with E-state index >= 15 is 0 Å². The molecule has 1 amide bonds. The number of benzene rings is 2. The van der Waals surface area contributed by atoms with Crippen LogP contribution < -0.4 is 10.6 Å². The molecule has 1 unspecified atom stereocenters. The van der Waals surface area contributed by atoms with Crippen LogP contribution in [0.4, 0.5) is 20.2 Å². The van der Waals surface area contributed by atoms with Gasteiger partial charge in [-0.3, -0.25) is 14.9 Å². The van der Waals surface area contributed by atoms with E-state index in [9.17, 15) is 32.1 Å². The Kier molecular flexibility index (Phi) is 7.15. The summed E-state index contributed by atoms with van der Waals surface area (Å²) in [6, 6.07) is 4.70. The lowest BCUT2D eigenvalue weighted by atomic mass is 10.0. The van der Waals surface area contributed by atoms with Crippen molar-refractivity contribution in [3.05, 3.63) is 58.4 Å². The third-order valence-corrected chi connectivity index (χ3v) is 6.26. The average Bonchev–Trinajstić information content (AvgIpc) is 3.12. The summed E-state index contributed by atoms with van der Waals surface area (Å²) in [5, 5.41) is 16.9. The van der Waals surface area contributed by atoms with Crippen LogP contribution >= 0.6 is 0 Å². The van der Waals surface area contributed by atoms with Gasteiger partial charge in [-0.2, -0.15) is 0 Å². The van der Waals surface area contributed by atoms with Gasteiger partial charge in [0, 0.05) is 37.5 Å². The predicted molar refractivity (Wildman–Crippen MR) is 121 cm³/mol. The van der Waals surface area contributed by atoms with Gasteiger partial charge in [0.2, 0.25) is 5.91 Å². The quantitative estimate of drug-likeness (QED) is 0.264. The minimum atomic E-state index is -3.61. The van der Waals surface area contributed by atoms with Gasteiger partial charge in [-0.1, -0.05) is 13.8 Å². The highest BCUT2D eigenvalue weighted by molar-refractivity contribution is 7.90. The maximum Gasteiger partial charge on any atom is 0.293 e. The Hall–Kier alpha value is -3.61. The summed E-state index contributed by atoms with van der Waals surface area (Å²) in [6.45, 7) is 3.78. The number of fused-ring (bicyclic) bond motifs is 1. The Morgan fingerprint density at radius 3 is 2.47 bits per heavy atom. The SMILES string of the molecule is CC(C)C(C(=O)NCCNc1ccc(S(C)(=O)=O)cc1[N+](=O)[O-])n1cnc2cc(F)c(F)cc21. The van der Waals surface area contributed by atoms with E-state index in [1.54, 1.807) is 13.8 Å². The number of nitro benzene ring substituents is 1. The molecule has 3 aromatic rings. The number of anilines is 1. The maximum atomic E-state index is 13.8. The summed E-state index contributed by atoms with van der Waals surface area (Å²) < 4.78 is 52.0. The number of rotatable bonds is 9. The molecule has 0 bridgehead atoms. The van der Waals surface area contributed by atoms with Crippen LogP contribution in [0.25, 0.3) is 11.0 Å². The van der Waals surface area contributed by atoms with Crippen molar-refractivity contribution in [2.24, 2.45) is 5.92 Å². The zero-order chi connectivity index (χ0) is 25.2. The number of nitro groups is 1. The van der Waals surface area contributed by atoms with E-state index in [1.807, 2.05) is 0 Å². The number of carbonyl (C=O) groups is 1. The van der Waals surface area contributed by atoms with Gasteiger partial charge in [-0.15, -0.1) is 0 Å². The summed E-state index contributed by atoms with van der Waals surface area (Å²) in [4.78, 5) is 27.4. The predicted octanol–water partition coefficient (Wildman–Crippen LogP) is 3.05. The molecule has 34 heavy (non-hydrogen) atoms. The number of aromatic nitrogens is 2. The first-order valence-electron chi connectivity index (χ1n) is 10.2. The highest BCUT2D eigenvalue weighted by atomic mass is 32.2. The molecule has 2 aromatic carbocycles. The Labute approximate surface area is 194 Å². The highest BCUT2D eigenvalue weighted by Gasteiger charge is 2.26. The number of nitrogens with one attached hydrogen (secondary N) is 2. The van der Waals surface area contributed by atoms with Gasteiger partial charge in [0.15, 0.2) is 21.5 Å². The van der Waals surface area contributed by atoms with Gasteiger partial charge < -0.3 is 15.2 Å². The Bertz CT molecular complexity index is 1360. The Morgan fingerprint density at radius 1 is 1.18 bits per heavy atom. The van der Waals surface area contributed by atoms with E-state index in [4.69, 9.17) is 0 Å². The zero-order valence-corrected chi connectivity index (χ0v) is 19.4. The standard InChI is InChI=1S/C21H23F2N5O5S/c1-12(2)20(27-11-26-17-9-14(22)15(23)10-18(17)27)21(29)25-7-6-24-16-5-4-13(34(3,32)33)8-19(16)28(30)31/h4-5,8-12,20,24H,6-7H2,1-3H3,(H,25,29). The van der Waals surface area contributed by atoms with E-state index < -0.39 is 44.0 Å². The number of imidazole rings is 1. The molecule has 1 heterocycles. The summed E-state index contributed by atoms with van der Waals surface area (Å²) >= 11 is 0. The molecule has 182 valence electrons. The van der Waals surface area contributed by atoms with Crippen LogP contribution in [-0.2, 0) is 14.6 Å². The third kappa shape index (κ3) is 5.30. The zero-order valence-electron chi connectivity index (χ0n) is 18.6. The molecular formula is C21H23F2N5O5S. The van der Waals surface area contributed by atoms with Gasteiger partial charge >= 0.3 is 0 Å². The highest BCUT2D eigenvalue weighted by Crippen LogP contribution is 2.28. The van der Waals surface area contributed by atoms with Crippen molar-refractivity contribution in [1.29, 1.82) is 0 Å². The number of amides is 1. The molecular weight excluding hydrogens is 472 g/mol. The van der Waals surface area contributed by atoms with Crippen LogP contribution in [-0.4, -0.2) is 48.1 Å². The number of hydrogen-bond acceptors (Lipinski definition) is 7. The molecule has 2 N–H and O–H groups in total. The summed E-state index contributed by atoms with van der Waals surface area (Å²) in [7, 11) is -3.61. The van der Waals surface area contributed by atoms with E-state index in [0.717, 1.165) is 24.5 Å². The minimum absolute atomic E-state index is 0.0860. The van der Waals surface area contributed by atoms with Gasteiger partial charge in [0.25, 0.3) is 5.69 Å². The summed E-state index contributed by atoms with van der Waals surface area (Å²) in [5.41, 5.74) is 0.176. The topological polar surface area (TPSA) is 136 Å². The normalized spacial score (nSPS) is 12.6. The average molecular weight is 496 g/mol. The second kappa shape index (κ2) is 9.71. The number of carbonyl (C=O) groups excluding carboxylic acids is 1. The second-order valence-electron chi connectivity index (χ2n) is 8.02. The molecule has 0 aliphatic carbocycles. The van der Waals surface area contributed by atoms with Crippen molar-refractivity contribution in [3.8, 4) is 0 Å². The first-order chi connectivity index (χ1) is 15.9. The molecule has 1 atom stereocenters. The maximum absolute atomic E-state index is 13.8. The molecule has 10 nitrogen and oxygen atoms in total. The van der Waals surface area contributed by atoms with Crippen molar-refractivity contribution in [3.63, 3.8) is 0 Å². The van der Waals surface area contributed by atoms with Crippen molar-refractivity contribution < 1.29 is 26.9 Å².